The summed E-state index contributed by atoms with van der Waals surface area (Å²) in [6, 6.07) is 7.55. The molecule has 0 N–H and O–H groups in total. The fourth-order valence-electron chi connectivity index (χ4n) is 3.01. The maximum absolute atomic E-state index is 12.9. The van der Waals surface area contributed by atoms with Gasteiger partial charge < -0.3 is 18.9 Å². The number of ether oxygens (including phenoxy) is 4. The standard InChI is InChI=1S/C27H36O6/c1-20-15-17-31-23(18-20)13-14-24(28)25(8-6-7-16-32-26(29)27(2,3)4)33-19-21-9-11-22(30-5)12-10-21/h6-7,9-13,15,25H,8,14,16-19H2,1-5H3/t25-/m0/s1. The summed E-state index contributed by atoms with van der Waals surface area (Å²) in [6.07, 6.45) is 8.20. The predicted octanol–water partition coefficient (Wildman–Crippen LogP) is 5.33. The van der Waals surface area contributed by atoms with Gasteiger partial charge in [-0.25, -0.2) is 0 Å². The number of hydrogen-bond donors (Lipinski definition) is 0. The largest absolute Gasteiger partial charge is 0.497 e. The summed E-state index contributed by atoms with van der Waals surface area (Å²) in [4.78, 5) is 24.8. The second-order valence-corrected chi connectivity index (χ2v) is 9.08. The van der Waals surface area contributed by atoms with Crippen molar-refractivity contribution in [1.82, 2.24) is 0 Å². The minimum Gasteiger partial charge on any atom is -0.497 e. The van der Waals surface area contributed by atoms with Crippen LogP contribution in [0.15, 0.2) is 59.9 Å². The predicted molar refractivity (Wildman–Crippen MR) is 128 cm³/mol. The van der Waals surface area contributed by atoms with Gasteiger partial charge in [0.25, 0.3) is 0 Å². The van der Waals surface area contributed by atoms with Gasteiger partial charge in [0.05, 0.1) is 24.9 Å². The lowest BCUT2D eigenvalue weighted by Crippen LogP contribution is -2.24. The molecule has 33 heavy (non-hydrogen) atoms. The third-order valence-corrected chi connectivity index (χ3v) is 5.09. The van der Waals surface area contributed by atoms with Crippen LogP contribution in [0.25, 0.3) is 0 Å². The molecule has 1 atom stereocenters. The van der Waals surface area contributed by atoms with Gasteiger partial charge in [0.2, 0.25) is 0 Å². The Bertz CT molecular complexity index is 871. The van der Waals surface area contributed by atoms with Crippen LogP contribution in [0.4, 0.5) is 0 Å². The molecule has 0 unspecified atom stereocenters. The van der Waals surface area contributed by atoms with Crippen LogP contribution < -0.4 is 4.74 Å². The average molecular weight is 457 g/mol. The zero-order chi connectivity index (χ0) is 24.3. The van der Waals surface area contributed by atoms with Crippen molar-refractivity contribution >= 4 is 11.8 Å². The summed E-state index contributed by atoms with van der Waals surface area (Å²) in [7, 11) is 1.62. The van der Waals surface area contributed by atoms with E-state index in [0.29, 0.717) is 19.6 Å². The number of methoxy groups -OCH3 is 1. The number of carbonyl (C=O) groups excluding carboxylic acids is 2. The van der Waals surface area contributed by atoms with Gasteiger partial charge in [-0.05, 0) is 64.0 Å². The van der Waals surface area contributed by atoms with Gasteiger partial charge in [-0.2, -0.15) is 0 Å². The zero-order valence-corrected chi connectivity index (χ0v) is 20.4. The fraction of sp³-hybridized carbons (Fsp3) is 0.481. The lowest BCUT2D eigenvalue weighted by atomic mass is 9.97. The molecule has 1 aromatic carbocycles. The maximum atomic E-state index is 12.9. The van der Waals surface area contributed by atoms with Crippen LogP contribution in [0.1, 0.15) is 52.5 Å². The molecule has 0 amide bonds. The molecule has 6 nitrogen and oxygen atoms in total. The second-order valence-electron chi connectivity index (χ2n) is 9.08. The van der Waals surface area contributed by atoms with Crippen molar-refractivity contribution in [1.29, 1.82) is 0 Å². The molecule has 1 heterocycles. The van der Waals surface area contributed by atoms with E-state index in [1.54, 1.807) is 13.2 Å². The number of hydrogen-bond acceptors (Lipinski definition) is 6. The molecule has 0 aliphatic carbocycles. The Hall–Kier alpha value is -2.86. The Kier molecular flexibility index (Phi) is 10.4. The molecule has 1 aromatic rings. The molecule has 2 rings (SSSR count). The summed E-state index contributed by atoms with van der Waals surface area (Å²) in [5, 5.41) is 0. The topological polar surface area (TPSA) is 71.1 Å². The highest BCUT2D eigenvalue weighted by Crippen LogP contribution is 2.19. The van der Waals surface area contributed by atoms with Crippen molar-refractivity contribution in [2.24, 2.45) is 5.41 Å². The molecule has 0 saturated carbocycles. The molecule has 0 saturated heterocycles. The van der Waals surface area contributed by atoms with Crippen molar-refractivity contribution < 1.29 is 28.5 Å². The van der Waals surface area contributed by atoms with Crippen LogP contribution >= 0.6 is 0 Å². The normalized spacial score (nSPS) is 16.3. The molecule has 0 aromatic heterocycles. The van der Waals surface area contributed by atoms with E-state index in [1.807, 2.05) is 63.3 Å². The fourth-order valence-corrected chi connectivity index (χ4v) is 3.01. The third-order valence-electron chi connectivity index (χ3n) is 5.09. The molecular formula is C27H36O6. The van der Waals surface area contributed by atoms with E-state index in [2.05, 4.69) is 6.92 Å². The number of ketones is 1. The zero-order valence-electron chi connectivity index (χ0n) is 20.4. The molecule has 0 bridgehead atoms. The molecule has 180 valence electrons. The van der Waals surface area contributed by atoms with Crippen molar-refractivity contribution in [3.63, 3.8) is 0 Å². The quantitative estimate of drug-likeness (QED) is 0.331. The number of rotatable bonds is 11. The summed E-state index contributed by atoms with van der Waals surface area (Å²) in [6.45, 7) is 8.49. The number of esters is 1. The summed E-state index contributed by atoms with van der Waals surface area (Å²) in [5.74, 6) is 1.30. The van der Waals surface area contributed by atoms with E-state index in [9.17, 15) is 9.59 Å². The Labute approximate surface area is 197 Å². The van der Waals surface area contributed by atoms with E-state index in [1.165, 1.54) is 5.57 Å². The van der Waals surface area contributed by atoms with Crippen molar-refractivity contribution in [2.45, 2.75) is 59.7 Å². The molecule has 0 fully saturated rings. The molecule has 1 aliphatic rings. The van der Waals surface area contributed by atoms with Crippen LogP contribution in [0.3, 0.4) is 0 Å². The first kappa shape index (κ1) is 26.4. The lowest BCUT2D eigenvalue weighted by molar-refractivity contribution is -0.151. The van der Waals surface area contributed by atoms with Crippen molar-refractivity contribution in [3.8, 4) is 5.75 Å². The van der Waals surface area contributed by atoms with Gasteiger partial charge >= 0.3 is 5.97 Å². The minimum atomic E-state index is -0.612. The van der Waals surface area contributed by atoms with Crippen molar-refractivity contribution in [2.75, 3.05) is 20.3 Å². The molecule has 0 spiro atoms. The molecule has 6 heteroatoms. The summed E-state index contributed by atoms with van der Waals surface area (Å²) >= 11 is 0. The van der Waals surface area contributed by atoms with Crippen molar-refractivity contribution in [3.05, 3.63) is 65.5 Å². The number of allylic oxidation sites excluding steroid dienone is 2. The summed E-state index contributed by atoms with van der Waals surface area (Å²) in [5.41, 5.74) is 1.64. The van der Waals surface area contributed by atoms with Crippen LogP contribution in [0, 0.1) is 5.41 Å². The Balaban J connectivity index is 1.96. The Morgan fingerprint density at radius 2 is 1.88 bits per heavy atom. The molecule has 1 aliphatic heterocycles. The highest BCUT2D eigenvalue weighted by Gasteiger charge is 2.22. The van der Waals surface area contributed by atoms with Gasteiger partial charge in [0, 0.05) is 12.8 Å². The minimum absolute atomic E-state index is 0.0249. The first-order valence-corrected chi connectivity index (χ1v) is 11.3. The third kappa shape index (κ3) is 9.66. The number of benzene rings is 1. The van der Waals surface area contributed by atoms with Gasteiger partial charge in [-0.15, -0.1) is 0 Å². The smallest absolute Gasteiger partial charge is 0.311 e. The maximum Gasteiger partial charge on any atom is 0.311 e. The van der Waals surface area contributed by atoms with Gasteiger partial charge in [0.15, 0.2) is 5.78 Å². The van der Waals surface area contributed by atoms with Crippen LogP contribution in [-0.4, -0.2) is 38.2 Å². The number of Topliss-reactive ketones (excluding diaryl/α,β-unsaturated/α-hetero) is 1. The Morgan fingerprint density at radius 3 is 2.52 bits per heavy atom. The van der Waals surface area contributed by atoms with E-state index < -0.39 is 11.5 Å². The highest BCUT2D eigenvalue weighted by molar-refractivity contribution is 5.84. The van der Waals surface area contributed by atoms with Gasteiger partial charge in [-0.1, -0.05) is 29.9 Å². The monoisotopic (exact) mass is 456 g/mol. The SMILES string of the molecule is COc1ccc(CO[C@@H](CC=CCOC(=O)C(C)(C)C)C(=O)CC=C2CC(C)=CCO2)cc1. The highest BCUT2D eigenvalue weighted by atomic mass is 16.5. The molecule has 0 radical (unpaired) electrons. The Morgan fingerprint density at radius 1 is 1.15 bits per heavy atom. The lowest BCUT2D eigenvalue weighted by Gasteiger charge is -2.17. The van der Waals surface area contributed by atoms with E-state index in [0.717, 1.165) is 23.5 Å². The number of carbonyl (C=O) groups is 2. The van der Waals surface area contributed by atoms with Gasteiger partial charge in [-0.3, -0.25) is 9.59 Å². The molecular weight excluding hydrogens is 420 g/mol. The van der Waals surface area contributed by atoms with E-state index >= 15 is 0 Å². The first-order chi connectivity index (χ1) is 15.7. The van der Waals surface area contributed by atoms with Gasteiger partial charge in [0.1, 0.15) is 25.1 Å². The van der Waals surface area contributed by atoms with Crippen LogP contribution in [0.2, 0.25) is 0 Å². The second kappa shape index (κ2) is 13.0. The summed E-state index contributed by atoms with van der Waals surface area (Å²) < 4.78 is 22.0. The first-order valence-electron chi connectivity index (χ1n) is 11.3. The van der Waals surface area contributed by atoms with E-state index in [4.69, 9.17) is 18.9 Å². The van der Waals surface area contributed by atoms with E-state index in [-0.39, 0.29) is 24.8 Å². The van der Waals surface area contributed by atoms with Crippen LogP contribution in [0.5, 0.6) is 5.75 Å². The average Bonchev–Trinajstić information content (AvgIpc) is 2.78. The van der Waals surface area contributed by atoms with Crippen LogP contribution in [-0.2, 0) is 30.4 Å².